The quantitative estimate of drug-likeness (QED) is 0.702. The van der Waals surface area contributed by atoms with E-state index in [1.807, 2.05) is 37.5 Å². The van der Waals surface area contributed by atoms with Gasteiger partial charge in [0.15, 0.2) is 6.04 Å². The number of rotatable bonds is 5. The molecule has 1 aliphatic rings. The van der Waals surface area contributed by atoms with Gasteiger partial charge in [-0.25, -0.2) is 4.98 Å². The van der Waals surface area contributed by atoms with E-state index in [4.69, 9.17) is 4.42 Å². The van der Waals surface area contributed by atoms with E-state index in [1.54, 1.807) is 29.6 Å². The van der Waals surface area contributed by atoms with E-state index in [2.05, 4.69) is 15.3 Å². The van der Waals surface area contributed by atoms with Crippen molar-refractivity contribution in [1.82, 2.24) is 24.8 Å². The predicted molar refractivity (Wildman–Crippen MR) is 110 cm³/mol. The van der Waals surface area contributed by atoms with E-state index in [-0.39, 0.29) is 24.4 Å². The van der Waals surface area contributed by atoms with E-state index in [0.717, 1.165) is 17.1 Å². The molecule has 0 radical (unpaired) electrons. The van der Waals surface area contributed by atoms with Gasteiger partial charge >= 0.3 is 0 Å². The molecule has 0 bridgehead atoms. The molecule has 4 rings (SSSR count). The third kappa shape index (κ3) is 3.72. The predicted octanol–water partition coefficient (Wildman–Crippen LogP) is 2.82. The number of carbonyl (C=O) groups is 2. The number of carbonyl (C=O) groups excluding carboxylic acids is 2. The number of nitrogens with zero attached hydrogens (tertiary/aromatic N) is 4. The Hall–Kier alpha value is -3.42. The van der Waals surface area contributed by atoms with Crippen LogP contribution in [0.15, 0.2) is 47.4 Å². The van der Waals surface area contributed by atoms with E-state index in [9.17, 15) is 9.59 Å². The van der Waals surface area contributed by atoms with Gasteiger partial charge in [0, 0.05) is 31.4 Å². The minimum absolute atomic E-state index is 0.109. The van der Waals surface area contributed by atoms with Gasteiger partial charge in [-0.05, 0) is 45.0 Å². The fraction of sp³-hybridized carbons (Fsp3) is 0.364. The van der Waals surface area contributed by atoms with Crippen LogP contribution in [0.4, 0.5) is 0 Å². The lowest BCUT2D eigenvalue weighted by atomic mass is 9.99. The number of amides is 2. The number of aryl methyl sites for hydroxylation is 1. The standard InChI is InChI=1S/C22H25N5O3/c1-14(2)27-13-25-18-8-10-26(22(29)16-5-4-9-23-11-16)20(19(18)27)21(28)24-12-17-7-6-15(3)30-17/h4-7,9,11,13-14,20H,8,10,12H2,1-3H3,(H,24,28)/t20-/m1/s1. The Labute approximate surface area is 174 Å². The van der Waals surface area contributed by atoms with Gasteiger partial charge in [0.25, 0.3) is 5.91 Å². The fourth-order valence-corrected chi connectivity index (χ4v) is 3.81. The van der Waals surface area contributed by atoms with Crippen LogP contribution in [0.2, 0.25) is 0 Å². The molecular weight excluding hydrogens is 382 g/mol. The molecule has 8 heteroatoms. The second kappa shape index (κ2) is 8.14. The molecule has 0 aromatic carbocycles. The van der Waals surface area contributed by atoms with Crippen LogP contribution >= 0.6 is 0 Å². The van der Waals surface area contributed by atoms with Crippen molar-refractivity contribution in [2.45, 2.75) is 45.8 Å². The van der Waals surface area contributed by atoms with Crippen molar-refractivity contribution in [3.8, 4) is 0 Å². The molecule has 0 unspecified atom stereocenters. The first-order valence-electron chi connectivity index (χ1n) is 10.1. The third-order valence-electron chi connectivity index (χ3n) is 5.28. The lowest BCUT2D eigenvalue weighted by Gasteiger charge is -2.35. The number of nitrogens with one attached hydrogen (secondary N) is 1. The van der Waals surface area contributed by atoms with Gasteiger partial charge in [-0.2, -0.15) is 0 Å². The summed E-state index contributed by atoms with van der Waals surface area (Å²) in [6.07, 6.45) is 5.50. The molecule has 0 saturated heterocycles. The molecule has 0 saturated carbocycles. The second-order valence-electron chi connectivity index (χ2n) is 7.70. The maximum Gasteiger partial charge on any atom is 0.256 e. The first-order valence-corrected chi connectivity index (χ1v) is 10.1. The van der Waals surface area contributed by atoms with E-state index >= 15 is 0 Å². The molecule has 156 valence electrons. The van der Waals surface area contributed by atoms with Gasteiger partial charge in [-0.3, -0.25) is 14.6 Å². The van der Waals surface area contributed by atoms with Crippen molar-refractivity contribution < 1.29 is 14.0 Å². The summed E-state index contributed by atoms with van der Waals surface area (Å²) in [7, 11) is 0. The summed E-state index contributed by atoms with van der Waals surface area (Å²) in [6, 6.07) is 6.45. The van der Waals surface area contributed by atoms with Crippen LogP contribution in [0.5, 0.6) is 0 Å². The smallest absolute Gasteiger partial charge is 0.256 e. The average molecular weight is 407 g/mol. The number of imidazole rings is 1. The largest absolute Gasteiger partial charge is 0.465 e. The van der Waals surface area contributed by atoms with Crippen LogP contribution in [0.25, 0.3) is 0 Å². The first kappa shape index (κ1) is 19.9. The van der Waals surface area contributed by atoms with Crippen LogP contribution in [0.3, 0.4) is 0 Å². The summed E-state index contributed by atoms with van der Waals surface area (Å²) in [6.45, 7) is 6.58. The lowest BCUT2D eigenvalue weighted by molar-refractivity contribution is -0.126. The average Bonchev–Trinajstić information content (AvgIpc) is 3.37. The van der Waals surface area contributed by atoms with Crippen molar-refractivity contribution in [2.75, 3.05) is 6.54 Å². The topological polar surface area (TPSA) is 93.3 Å². The molecule has 30 heavy (non-hydrogen) atoms. The van der Waals surface area contributed by atoms with E-state index in [1.165, 1.54) is 6.20 Å². The molecule has 3 aromatic rings. The van der Waals surface area contributed by atoms with Crippen molar-refractivity contribution in [2.24, 2.45) is 0 Å². The second-order valence-corrected chi connectivity index (χ2v) is 7.70. The monoisotopic (exact) mass is 407 g/mol. The number of furan rings is 1. The maximum absolute atomic E-state index is 13.4. The van der Waals surface area contributed by atoms with E-state index < -0.39 is 6.04 Å². The van der Waals surface area contributed by atoms with Crippen molar-refractivity contribution >= 4 is 11.8 Å². The fourth-order valence-electron chi connectivity index (χ4n) is 3.81. The van der Waals surface area contributed by atoms with Crippen LogP contribution < -0.4 is 5.32 Å². The van der Waals surface area contributed by atoms with Gasteiger partial charge in [0.2, 0.25) is 5.91 Å². The molecule has 1 N–H and O–H groups in total. The summed E-state index contributed by atoms with van der Waals surface area (Å²) < 4.78 is 7.53. The molecule has 0 aliphatic carbocycles. The van der Waals surface area contributed by atoms with Gasteiger partial charge < -0.3 is 19.2 Å². The summed E-state index contributed by atoms with van der Waals surface area (Å²) in [4.78, 5) is 36.8. The molecule has 0 spiro atoms. The number of hydrogen-bond acceptors (Lipinski definition) is 5. The Balaban J connectivity index is 1.68. The van der Waals surface area contributed by atoms with Crippen LogP contribution in [0, 0.1) is 6.92 Å². The molecule has 0 fully saturated rings. The highest BCUT2D eigenvalue weighted by Crippen LogP contribution is 2.32. The third-order valence-corrected chi connectivity index (χ3v) is 5.28. The molecule has 2 amide bonds. The highest BCUT2D eigenvalue weighted by molar-refractivity contribution is 5.98. The molecule has 4 heterocycles. The summed E-state index contributed by atoms with van der Waals surface area (Å²) in [5.74, 6) is 0.966. The summed E-state index contributed by atoms with van der Waals surface area (Å²) in [5, 5.41) is 2.93. The van der Waals surface area contributed by atoms with Crippen LogP contribution in [0.1, 0.15) is 59.2 Å². The zero-order valence-electron chi connectivity index (χ0n) is 17.3. The zero-order chi connectivity index (χ0) is 21.3. The minimum atomic E-state index is -0.776. The molecule has 1 atom stereocenters. The first-order chi connectivity index (χ1) is 14.5. The minimum Gasteiger partial charge on any atom is -0.465 e. The number of pyridine rings is 1. The Morgan fingerprint density at radius 1 is 1.30 bits per heavy atom. The van der Waals surface area contributed by atoms with Crippen molar-refractivity contribution in [1.29, 1.82) is 0 Å². The Morgan fingerprint density at radius 2 is 2.13 bits per heavy atom. The molecule has 3 aromatic heterocycles. The Morgan fingerprint density at radius 3 is 2.80 bits per heavy atom. The number of hydrogen-bond donors (Lipinski definition) is 1. The Kier molecular flexibility index (Phi) is 5.39. The van der Waals surface area contributed by atoms with E-state index in [0.29, 0.717) is 24.3 Å². The SMILES string of the molecule is Cc1ccc(CNC(=O)[C@H]2c3c(ncn3C(C)C)CCN2C(=O)c2cccnc2)o1. The number of fused-ring (bicyclic) bond motifs is 1. The molecule has 1 aliphatic heterocycles. The number of aromatic nitrogens is 3. The normalized spacial score (nSPS) is 15.9. The lowest BCUT2D eigenvalue weighted by Crippen LogP contribution is -2.48. The highest BCUT2D eigenvalue weighted by atomic mass is 16.3. The summed E-state index contributed by atoms with van der Waals surface area (Å²) in [5.41, 5.74) is 2.07. The van der Waals surface area contributed by atoms with Gasteiger partial charge in [0.05, 0.1) is 29.8 Å². The van der Waals surface area contributed by atoms with Gasteiger partial charge in [-0.15, -0.1) is 0 Å². The summed E-state index contributed by atoms with van der Waals surface area (Å²) >= 11 is 0. The Bertz CT molecular complexity index is 1050. The van der Waals surface area contributed by atoms with Crippen LogP contribution in [-0.4, -0.2) is 37.8 Å². The van der Waals surface area contributed by atoms with Crippen molar-refractivity contribution in [3.63, 3.8) is 0 Å². The van der Waals surface area contributed by atoms with Crippen LogP contribution in [-0.2, 0) is 17.8 Å². The van der Waals surface area contributed by atoms with Gasteiger partial charge in [0.1, 0.15) is 11.5 Å². The van der Waals surface area contributed by atoms with Gasteiger partial charge in [-0.1, -0.05) is 0 Å². The van der Waals surface area contributed by atoms with Crippen molar-refractivity contribution in [3.05, 3.63) is 71.5 Å². The highest BCUT2D eigenvalue weighted by Gasteiger charge is 2.39. The molecule has 8 nitrogen and oxygen atoms in total. The zero-order valence-corrected chi connectivity index (χ0v) is 17.3. The maximum atomic E-state index is 13.4. The molecular formula is C22H25N5O3.